The molecule has 0 saturated carbocycles. The predicted octanol–water partition coefficient (Wildman–Crippen LogP) is 3.54. The van der Waals surface area contributed by atoms with Gasteiger partial charge in [-0.3, -0.25) is 9.79 Å². The van der Waals surface area contributed by atoms with Crippen molar-refractivity contribution in [3.63, 3.8) is 0 Å². The van der Waals surface area contributed by atoms with Gasteiger partial charge in [-0.2, -0.15) is 13.2 Å². The number of primary amides is 1. The van der Waals surface area contributed by atoms with Gasteiger partial charge in [-0.25, -0.2) is 0 Å². The number of benzene rings is 1. The Bertz CT molecular complexity index is 731. The van der Waals surface area contributed by atoms with E-state index in [9.17, 15) is 18.0 Å². The van der Waals surface area contributed by atoms with E-state index < -0.39 is 17.2 Å². The molecule has 8 heteroatoms. The topological polar surface area (TPSA) is 70.7 Å². The lowest BCUT2D eigenvalue weighted by molar-refractivity contribution is -0.137. The number of aliphatic imine (C=N–C) groups is 1. The first-order valence-electron chi connectivity index (χ1n) is 10.0. The fourth-order valence-electron chi connectivity index (χ4n) is 3.61. The normalized spacial score (nSPS) is 18.6. The molecule has 5 nitrogen and oxygen atoms in total. The SMILES string of the molecule is CCNC(=NCC(C)(C)c1cccc(C(F)(F)F)c1)N1CCCC(CC(N)=O)C1. The van der Waals surface area contributed by atoms with Crippen LogP contribution < -0.4 is 11.1 Å². The maximum absolute atomic E-state index is 13.1. The van der Waals surface area contributed by atoms with Crippen LogP contribution >= 0.6 is 0 Å². The van der Waals surface area contributed by atoms with Gasteiger partial charge >= 0.3 is 6.18 Å². The third-order valence-corrected chi connectivity index (χ3v) is 5.24. The average molecular weight is 413 g/mol. The highest BCUT2D eigenvalue weighted by atomic mass is 19.4. The Hall–Kier alpha value is -2.25. The molecule has 3 N–H and O–H groups in total. The predicted molar refractivity (Wildman–Crippen MR) is 109 cm³/mol. The Kier molecular flexibility index (Phi) is 7.54. The van der Waals surface area contributed by atoms with Gasteiger partial charge < -0.3 is 16.0 Å². The van der Waals surface area contributed by atoms with Crippen LogP contribution in [0.2, 0.25) is 0 Å². The highest BCUT2D eigenvalue weighted by molar-refractivity contribution is 5.80. The zero-order valence-corrected chi connectivity index (χ0v) is 17.4. The number of guanidine groups is 1. The van der Waals surface area contributed by atoms with Crippen molar-refractivity contribution in [3.8, 4) is 0 Å². The molecule has 1 heterocycles. The second-order valence-electron chi connectivity index (χ2n) is 8.26. The fraction of sp³-hybridized carbons (Fsp3) is 0.619. The monoisotopic (exact) mass is 412 g/mol. The van der Waals surface area contributed by atoms with Gasteiger partial charge in [0.05, 0.1) is 12.1 Å². The van der Waals surface area contributed by atoms with Gasteiger partial charge in [0.25, 0.3) is 0 Å². The van der Waals surface area contributed by atoms with Crippen molar-refractivity contribution in [1.82, 2.24) is 10.2 Å². The van der Waals surface area contributed by atoms with Crippen LogP contribution in [0.5, 0.6) is 0 Å². The molecule has 1 aliphatic rings. The summed E-state index contributed by atoms with van der Waals surface area (Å²) < 4.78 is 39.2. The van der Waals surface area contributed by atoms with E-state index in [1.54, 1.807) is 6.07 Å². The maximum atomic E-state index is 13.1. The van der Waals surface area contributed by atoms with Crippen molar-refractivity contribution in [1.29, 1.82) is 0 Å². The molecule has 0 aliphatic carbocycles. The molecule has 1 unspecified atom stereocenters. The Morgan fingerprint density at radius 2 is 2.00 bits per heavy atom. The van der Waals surface area contributed by atoms with Crippen molar-refractivity contribution in [3.05, 3.63) is 35.4 Å². The number of halogens is 3. The molecule has 1 saturated heterocycles. The molecular weight excluding hydrogens is 381 g/mol. The van der Waals surface area contributed by atoms with Crippen molar-refractivity contribution in [2.24, 2.45) is 16.6 Å². The van der Waals surface area contributed by atoms with Crippen LogP contribution in [0.1, 0.15) is 51.2 Å². The van der Waals surface area contributed by atoms with Crippen LogP contribution in [-0.4, -0.2) is 42.9 Å². The summed E-state index contributed by atoms with van der Waals surface area (Å²) in [5, 5.41) is 3.27. The standard InChI is InChI=1S/C21H31F3N4O/c1-4-26-19(28-10-6-7-15(13-28)11-18(25)29)27-14-20(2,3)16-8-5-9-17(12-16)21(22,23)24/h5,8-9,12,15H,4,6-7,10-11,13-14H2,1-3H3,(H2,25,29)(H,26,27). The first-order valence-corrected chi connectivity index (χ1v) is 10.0. The van der Waals surface area contributed by atoms with E-state index in [2.05, 4.69) is 10.2 Å². The number of hydrogen-bond acceptors (Lipinski definition) is 2. The number of nitrogens with zero attached hydrogens (tertiary/aromatic N) is 2. The lowest BCUT2D eigenvalue weighted by Gasteiger charge is -2.35. The van der Waals surface area contributed by atoms with Gasteiger partial charge in [0, 0.05) is 31.5 Å². The van der Waals surface area contributed by atoms with Gasteiger partial charge in [0.1, 0.15) is 0 Å². The number of piperidine rings is 1. The van der Waals surface area contributed by atoms with E-state index in [-0.39, 0.29) is 11.8 Å². The van der Waals surface area contributed by atoms with Crippen molar-refractivity contribution in [2.45, 2.75) is 51.6 Å². The summed E-state index contributed by atoms with van der Waals surface area (Å²) in [7, 11) is 0. The summed E-state index contributed by atoms with van der Waals surface area (Å²) in [5.74, 6) is 0.618. The first kappa shape index (κ1) is 23.0. The Labute approximate surface area is 170 Å². The largest absolute Gasteiger partial charge is 0.416 e. The number of hydrogen-bond donors (Lipinski definition) is 2. The van der Waals surface area contributed by atoms with Gasteiger partial charge in [-0.15, -0.1) is 0 Å². The van der Waals surface area contributed by atoms with Crippen molar-refractivity contribution < 1.29 is 18.0 Å². The minimum atomic E-state index is -4.37. The van der Waals surface area contributed by atoms with Crippen LogP contribution in [0.3, 0.4) is 0 Å². The van der Waals surface area contributed by atoms with E-state index in [0.717, 1.165) is 31.4 Å². The molecule has 0 bridgehead atoms. The Morgan fingerprint density at radius 1 is 1.31 bits per heavy atom. The third kappa shape index (κ3) is 6.65. The smallest absolute Gasteiger partial charge is 0.370 e. The minimum Gasteiger partial charge on any atom is -0.370 e. The van der Waals surface area contributed by atoms with Crippen LogP contribution in [0.15, 0.2) is 29.3 Å². The van der Waals surface area contributed by atoms with E-state index >= 15 is 0 Å². The zero-order valence-electron chi connectivity index (χ0n) is 17.4. The third-order valence-electron chi connectivity index (χ3n) is 5.24. The summed E-state index contributed by atoms with van der Waals surface area (Å²) in [6.07, 6.45) is -2.12. The molecule has 0 spiro atoms. The zero-order chi connectivity index (χ0) is 21.7. The number of likely N-dealkylation sites (tertiary alicyclic amines) is 1. The maximum Gasteiger partial charge on any atom is 0.416 e. The number of rotatable bonds is 6. The highest BCUT2D eigenvalue weighted by Gasteiger charge is 2.32. The number of carbonyl (C=O) groups is 1. The number of amides is 1. The second kappa shape index (κ2) is 9.50. The minimum absolute atomic E-state index is 0.196. The quantitative estimate of drug-likeness (QED) is 0.555. The molecule has 1 aromatic rings. The summed E-state index contributed by atoms with van der Waals surface area (Å²) in [5.41, 5.74) is 4.72. The van der Waals surface area contributed by atoms with Crippen LogP contribution in [-0.2, 0) is 16.4 Å². The van der Waals surface area contributed by atoms with E-state index in [0.29, 0.717) is 31.6 Å². The number of nitrogens with one attached hydrogen (secondary N) is 1. The molecule has 0 radical (unpaired) electrons. The molecule has 162 valence electrons. The summed E-state index contributed by atoms with van der Waals surface area (Å²) in [6, 6.07) is 5.43. The Balaban J connectivity index is 2.17. The Morgan fingerprint density at radius 3 is 2.62 bits per heavy atom. The van der Waals surface area contributed by atoms with E-state index in [1.807, 2.05) is 20.8 Å². The molecule has 1 aliphatic heterocycles. The summed E-state index contributed by atoms with van der Waals surface area (Å²) >= 11 is 0. The molecule has 1 fully saturated rings. The lowest BCUT2D eigenvalue weighted by atomic mass is 9.84. The number of alkyl halides is 3. The number of nitrogens with two attached hydrogens (primary N) is 1. The van der Waals surface area contributed by atoms with Crippen LogP contribution in [0, 0.1) is 5.92 Å². The summed E-state index contributed by atoms with van der Waals surface area (Å²) in [4.78, 5) is 18.1. The molecule has 1 atom stereocenters. The van der Waals surface area contributed by atoms with Gasteiger partial charge in [-0.05, 0) is 37.3 Å². The first-order chi connectivity index (χ1) is 13.5. The molecule has 0 aromatic heterocycles. The second-order valence-corrected chi connectivity index (χ2v) is 8.26. The fourth-order valence-corrected chi connectivity index (χ4v) is 3.61. The van der Waals surface area contributed by atoms with Gasteiger partial charge in [0.2, 0.25) is 5.91 Å². The molecule has 2 rings (SSSR count). The molecule has 1 amide bonds. The van der Waals surface area contributed by atoms with Crippen LogP contribution in [0.4, 0.5) is 13.2 Å². The van der Waals surface area contributed by atoms with Crippen LogP contribution in [0.25, 0.3) is 0 Å². The van der Waals surface area contributed by atoms with Gasteiger partial charge in [0.15, 0.2) is 5.96 Å². The average Bonchev–Trinajstić information content (AvgIpc) is 2.64. The highest BCUT2D eigenvalue weighted by Crippen LogP contribution is 2.33. The van der Waals surface area contributed by atoms with Crippen molar-refractivity contribution in [2.75, 3.05) is 26.2 Å². The summed E-state index contributed by atoms with van der Waals surface area (Å²) in [6.45, 7) is 8.29. The van der Waals surface area contributed by atoms with Crippen molar-refractivity contribution >= 4 is 11.9 Å². The lowest BCUT2D eigenvalue weighted by Crippen LogP contribution is -2.47. The van der Waals surface area contributed by atoms with Gasteiger partial charge in [-0.1, -0.05) is 32.0 Å². The molecular formula is C21H31F3N4O. The molecule has 29 heavy (non-hydrogen) atoms. The number of carbonyl (C=O) groups excluding carboxylic acids is 1. The molecule has 1 aromatic carbocycles. The van der Waals surface area contributed by atoms with E-state index in [1.165, 1.54) is 12.1 Å². The van der Waals surface area contributed by atoms with E-state index in [4.69, 9.17) is 10.7 Å².